The quantitative estimate of drug-likeness (QED) is 0.940. The van der Waals surface area contributed by atoms with E-state index >= 15 is 0 Å². The first-order chi connectivity index (χ1) is 9.48. The summed E-state index contributed by atoms with van der Waals surface area (Å²) in [4.78, 5) is 18.8. The second kappa shape index (κ2) is 5.68. The van der Waals surface area contributed by atoms with Crippen LogP contribution in [0, 0.1) is 0 Å². The lowest BCUT2D eigenvalue weighted by Crippen LogP contribution is -2.25. The SMILES string of the molecule is O=C(NCc1cccnc1C(F)(F)F)c1cccnc1. The Kier molecular flexibility index (Phi) is 3.97. The second-order valence-electron chi connectivity index (χ2n) is 3.93. The van der Waals surface area contributed by atoms with E-state index in [2.05, 4.69) is 15.3 Å². The van der Waals surface area contributed by atoms with Crippen LogP contribution in [0.15, 0.2) is 42.9 Å². The standard InChI is InChI=1S/C13H10F3N3O/c14-13(15,16)11-9(3-2-6-18-11)8-19-12(20)10-4-1-5-17-7-10/h1-7H,8H2,(H,19,20). The number of rotatable bonds is 3. The Labute approximate surface area is 112 Å². The van der Waals surface area contributed by atoms with Gasteiger partial charge in [0.25, 0.3) is 5.91 Å². The highest BCUT2D eigenvalue weighted by molar-refractivity contribution is 5.93. The van der Waals surface area contributed by atoms with Crippen LogP contribution in [0.1, 0.15) is 21.6 Å². The minimum Gasteiger partial charge on any atom is -0.348 e. The van der Waals surface area contributed by atoms with Crippen molar-refractivity contribution >= 4 is 5.91 Å². The van der Waals surface area contributed by atoms with Gasteiger partial charge in [-0.3, -0.25) is 14.8 Å². The van der Waals surface area contributed by atoms with Crippen LogP contribution in [-0.2, 0) is 12.7 Å². The van der Waals surface area contributed by atoms with E-state index in [1.807, 2.05) is 0 Å². The molecule has 0 unspecified atom stereocenters. The van der Waals surface area contributed by atoms with Gasteiger partial charge >= 0.3 is 6.18 Å². The van der Waals surface area contributed by atoms with Crippen LogP contribution < -0.4 is 5.32 Å². The molecule has 1 N–H and O–H groups in total. The van der Waals surface area contributed by atoms with Gasteiger partial charge < -0.3 is 5.32 Å². The average Bonchev–Trinajstić information content (AvgIpc) is 2.45. The number of nitrogens with one attached hydrogen (secondary N) is 1. The van der Waals surface area contributed by atoms with E-state index < -0.39 is 17.8 Å². The van der Waals surface area contributed by atoms with Crippen LogP contribution in [0.2, 0.25) is 0 Å². The van der Waals surface area contributed by atoms with Gasteiger partial charge in [-0.1, -0.05) is 6.07 Å². The van der Waals surface area contributed by atoms with Crippen LogP contribution >= 0.6 is 0 Å². The van der Waals surface area contributed by atoms with Gasteiger partial charge in [0.05, 0.1) is 5.56 Å². The molecule has 104 valence electrons. The number of pyridine rings is 2. The zero-order chi connectivity index (χ0) is 14.6. The predicted molar refractivity (Wildman–Crippen MR) is 64.6 cm³/mol. The summed E-state index contributed by atoms with van der Waals surface area (Å²) in [6, 6.07) is 5.76. The maximum atomic E-state index is 12.7. The Hall–Kier alpha value is -2.44. The number of aromatic nitrogens is 2. The molecule has 0 saturated carbocycles. The van der Waals surface area contributed by atoms with Gasteiger partial charge in [0.15, 0.2) is 0 Å². The molecule has 0 aliphatic rings. The van der Waals surface area contributed by atoms with Crippen LogP contribution in [0.25, 0.3) is 0 Å². The van der Waals surface area contributed by atoms with Gasteiger partial charge in [-0.05, 0) is 18.2 Å². The van der Waals surface area contributed by atoms with Crippen molar-refractivity contribution in [3.8, 4) is 0 Å². The van der Waals surface area contributed by atoms with Crippen molar-refractivity contribution in [3.05, 3.63) is 59.7 Å². The number of hydrogen-bond donors (Lipinski definition) is 1. The van der Waals surface area contributed by atoms with Crippen molar-refractivity contribution in [1.29, 1.82) is 0 Å². The summed E-state index contributed by atoms with van der Waals surface area (Å²) < 4.78 is 38.1. The summed E-state index contributed by atoms with van der Waals surface area (Å²) in [7, 11) is 0. The topological polar surface area (TPSA) is 54.9 Å². The molecular weight excluding hydrogens is 271 g/mol. The molecular formula is C13H10F3N3O. The van der Waals surface area contributed by atoms with E-state index in [1.165, 1.54) is 30.6 Å². The second-order valence-corrected chi connectivity index (χ2v) is 3.93. The number of alkyl halides is 3. The lowest BCUT2D eigenvalue weighted by atomic mass is 10.1. The zero-order valence-electron chi connectivity index (χ0n) is 10.2. The Morgan fingerprint density at radius 2 is 1.95 bits per heavy atom. The predicted octanol–water partition coefficient (Wildman–Crippen LogP) is 2.43. The van der Waals surface area contributed by atoms with Gasteiger partial charge in [-0.15, -0.1) is 0 Å². The van der Waals surface area contributed by atoms with Crippen molar-refractivity contribution in [3.63, 3.8) is 0 Å². The highest BCUT2D eigenvalue weighted by Gasteiger charge is 2.34. The van der Waals surface area contributed by atoms with E-state index in [0.717, 1.165) is 6.20 Å². The summed E-state index contributed by atoms with van der Waals surface area (Å²) in [5, 5.41) is 2.41. The third-order valence-corrected chi connectivity index (χ3v) is 2.52. The van der Waals surface area contributed by atoms with Gasteiger partial charge in [0.1, 0.15) is 5.69 Å². The van der Waals surface area contributed by atoms with E-state index in [1.54, 1.807) is 6.07 Å². The van der Waals surface area contributed by atoms with E-state index in [0.29, 0.717) is 0 Å². The summed E-state index contributed by atoms with van der Waals surface area (Å²) in [5.74, 6) is -0.491. The molecule has 7 heteroatoms. The molecule has 0 spiro atoms. The van der Waals surface area contributed by atoms with Crippen molar-refractivity contribution < 1.29 is 18.0 Å². The molecule has 0 radical (unpaired) electrons. The summed E-state index contributed by atoms with van der Waals surface area (Å²) in [5.41, 5.74) is -0.798. The molecule has 1 amide bonds. The highest BCUT2D eigenvalue weighted by atomic mass is 19.4. The van der Waals surface area contributed by atoms with Gasteiger partial charge in [-0.25, -0.2) is 0 Å². The third-order valence-electron chi connectivity index (χ3n) is 2.52. The largest absolute Gasteiger partial charge is 0.433 e. The Balaban J connectivity index is 2.11. The lowest BCUT2D eigenvalue weighted by molar-refractivity contribution is -0.141. The first-order valence-corrected chi connectivity index (χ1v) is 5.68. The summed E-state index contributed by atoms with van der Waals surface area (Å²) >= 11 is 0. The Morgan fingerprint density at radius 1 is 1.20 bits per heavy atom. The Bertz CT molecular complexity index is 599. The minimum atomic E-state index is -4.55. The molecule has 2 aromatic rings. The van der Waals surface area contributed by atoms with Crippen molar-refractivity contribution in [2.75, 3.05) is 0 Å². The van der Waals surface area contributed by atoms with Crippen LogP contribution in [0.5, 0.6) is 0 Å². The molecule has 0 aliphatic heterocycles. The van der Waals surface area contributed by atoms with E-state index in [4.69, 9.17) is 0 Å². The van der Waals surface area contributed by atoms with E-state index in [9.17, 15) is 18.0 Å². The fraction of sp³-hybridized carbons (Fsp3) is 0.154. The van der Waals surface area contributed by atoms with Gasteiger partial charge in [-0.2, -0.15) is 13.2 Å². The fourth-order valence-corrected chi connectivity index (χ4v) is 1.61. The number of nitrogens with zero attached hydrogens (tertiary/aromatic N) is 2. The molecule has 2 aromatic heterocycles. The molecule has 0 aromatic carbocycles. The monoisotopic (exact) mass is 281 g/mol. The first-order valence-electron chi connectivity index (χ1n) is 5.68. The number of amides is 1. The van der Waals surface area contributed by atoms with Crippen molar-refractivity contribution in [1.82, 2.24) is 15.3 Å². The molecule has 0 saturated heterocycles. The minimum absolute atomic E-state index is 0.0859. The van der Waals surface area contributed by atoms with Crippen LogP contribution in [-0.4, -0.2) is 15.9 Å². The lowest BCUT2D eigenvalue weighted by Gasteiger charge is -2.12. The molecule has 0 bridgehead atoms. The molecule has 0 aliphatic carbocycles. The van der Waals surface area contributed by atoms with Gasteiger partial charge in [0.2, 0.25) is 0 Å². The highest BCUT2D eigenvalue weighted by Crippen LogP contribution is 2.29. The molecule has 2 rings (SSSR count). The fourth-order valence-electron chi connectivity index (χ4n) is 1.61. The molecule has 0 fully saturated rings. The smallest absolute Gasteiger partial charge is 0.348 e. The first kappa shape index (κ1) is 14.0. The molecule has 20 heavy (non-hydrogen) atoms. The molecule has 2 heterocycles. The average molecular weight is 281 g/mol. The van der Waals surface area contributed by atoms with Crippen molar-refractivity contribution in [2.24, 2.45) is 0 Å². The third kappa shape index (κ3) is 3.31. The van der Waals surface area contributed by atoms with Gasteiger partial charge in [0, 0.05) is 30.7 Å². The number of halogens is 3. The number of hydrogen-bond acceptors (Lipinski definition) is 3. The van der Waals surface area contributed by atoms with Crippen LogP contribution in [0.3, 0.4) is 0 Å². The maximum Gasteiger partial charge on any atom is 0.433 e. The maximum absolute atomic E-state index is 12.7. The summed E-state index contributed by atoms with van der Waals surface area (Å²) in [6.45, 7) is -0.254. The zero-order valence-corrected chi connectivity index (χ0v) is 10.2. The van der Waals surface area contributed by atoms with Crippen LogP contribution in [0.4, 0.5) is 13.2 Å². The number of carbonyl (C=O) groups is 1. The molecule has 0 atom stereocenters. The Morgan fingerprint density at radius 3 is 2.60 bits per heavy atom. The molecule has 4 nitrogen and oxygen atoms in total. The van der Waals surface area contributed by atoms with E-state index in [-0.39, 0.29) is 17.7 Å². The van der Waals surface area contributed by atoms with Crippen molar-refractivity contribution in [2.45, 2.75) is 12.7 Å². The number of carbonyl (C=O) groups excluding carboxylic acids is 1. The normalized spacial score (nSPS) is 11.2. The summed E-state index contributed by atoms with van der Waals surface area (Å²) in [6.07, 6.45) is -0.645.